The number of nitrogens with one attached hydrogen (secondary N) is 1. The van der Waals surface area contributed by atoms with Crippen molar-refractivity contribution in [1.29, 1.82) is 0 Å². The Balaban J connectivity index is 2.51. The SMILES string of the molecule is COCCCN(C)CC(=O)Nc1cc(N)ccc1OC. The number of methoxy groups -OCH3 is 2. The number of likely N-dealkylation sites (N-methyl/N-ethyl adjacent to an activating group) is 1. The Morgan fingerprint density at radius 1 is 1.40 bits per heavy atom. The standard InChI is InChI=1S/C14H23N3O3/c1-17(7-4-8-19-2)10-14(18)16-12-9-11(15)5-6-13(12)20-3/h5-6,9H,4,7-8,10,15H2,1-3H3,(H,16,18). The van der Waals surface area contributed by atoms with Gasteiger partial charge in [-0.1, -0.05) is 0 Å². The Hall–Kier alpha value is -1.79. The zero-order chi connectivity index (χ0) is 15.0. The van der Waals surface area contributed by atoms with Gasteiger partial charge in [-0.05, 0) is 31.7 Å². The third kappa shape index (κ3) is 5.46. The van der Waals surface area contributed by atoms with E-state index in [0.29, 0.717) is 30.3 Å². The van der Waals surface area contributed by atoms with E-state index in [1.165, 1.54) is 0 Å². The largest absolute Gasteiger partial charge is 0.495 e. The number of anilines is 2. The Labute approximate surface area is 119 Å². The second kappa shape index (κ2) is 8.39. The molecule has 1 aromatic carbocycles. The van der Waals surface area contributed by atoms with Crippen LogP contribution in [0.25, 0.3) is 0 Å². The van der Waals surface area contributed by atoms with Gasteiger partial charge in [0.25, 0.3) is 0 Å². The highest BCUT2D eigenvalue weighted by Gasteiger charge is 2.10. The van der Waals surface area contributed by atoms with E-state index in [9.17, 15) is 4.79 Å². The molecule has 0 aliphatic rings. The number of amides is 1. The Kier molecular flexibility index (Phi) is 6.83. The van der Waals surface area contributed by atoms with Crippen molar-refractivity contribution in [3.8, 4) is 5.75 Å². The third-order valence-corrected chi connectivity index (χ3v) is 2.80. The molecule has 20 heavy (non-hydrogen) atoms. The highest BCUT2D eigenvalue weighted by Crippen LogP contribution is 2.26. The molecule has 6 nitrogen and oxygen atoms in total. The van der Waals surface area contributed by atoms with Crippen LogP contribution in [0.15, 0.2) is 18.2 Å². The molecule has 0 aliphatic heterocycles. The van der Waals surface area contributed by atoms with Crippen LogP contribution in [0.1, 0.15) is 6.42 Å². The first kappa shape index (κ1) is 16.3. The van der Waals surface area contributed by atoms with Gasteiger partial charge < -0.3 is 20.5 Å². The Morgan fingerprint density at radius 2 is 2.15 bits per heavy atom. The van der Waals surface area contributed by atoms with Crippen molar-refractivity contribution in [3.05, 3.63) is 18.2 Å². The van der Waals surface area contributed by atoms with Crippen molar-refractivity contribution in [1.82, 2.24) is 4.90 Å². The maximum absolute atomic E-state index is 12.0. The van der Waals surface area contributed by atoms with Crippen LogP contribution >= 0.6 is 0 Å². The van der Waals surface area contributed by atoms with E-state index in [0.717, 1.165) is 13.0 Å². The van der Waals surface area contributed by atoms with Crippen LogP contribution in [0.5, 0.6) is 5.75 Å². The summed E-state index contributed by atoms with van der Waals surface area (Å²) < 4.78 is 10.2. The van der Waals surface area contributed by atoms with Gasteiger partial charge in [0.15, 0.2) is 0 Å². The van der Waals surface area contributed by atoms with Gasteiger partial charge in [-0.25, -0.2) is 0 Å². The summed E-state index contributed by atoms with van der Waals surface area (Å²) in [6.45, 7) is 1.80. The molecule has 112 valence electrons. The number of carbonyl (C=O) groups is 1. The molecule has 0 radical (unpaired) electrons. The predicted molar refractivity (Wildman–Crippen MR) is 80.0 cm³/mol. The minimum Gasteiger partial charge on any atom is -0.495 e. The smallest absolute Gasteiger partial charge is 0.238 e. The topological polar surface area (TPSA) is 76.8 Å². The molecule has 0 saturated carbocycles. The number of rotatable bonds is 8. The summed E-state index contributed by atoms with van der Waals surface area (Å²) in [5, 5.41) is 2.81. The fraction of sp³-hybridized carbons (Fsp3) is 0.500. The lowest BCUT2D eigenvalue weighted by molar-refractivity contribution is -0.117. The van der Waals surface area contributed by atoms with Crippen LogP contribution in [0.4, 0.5) is 11.4 Å². The normalized spacial score (nSPS) is 10.6. The van der Waals surface area contributed by atoms with E-state index in [-0.39, 0.29) is 5.91 Å². The lowest BCUT2D eigenvalue weighted by Crippen LogP contribution is -2.31. The second-order valence-electron chi connectivity index (χ2n) is 4.59. The van der Waals surface area contributed by atoms with Crippen LogP contribution in [0, 0.1) is 0 Å². The first-order chi connectivity index (χ1) is 9.56. The van der Waals surface area contributed by atoms with E-state index in [1.54, 1.807) is 32.4 Å². The van der Waals surface area contributed by atoms with Crippen molar-refractivity contribution < 1.29 is 14.3 Å². The van der Waals surface area contributed by atoms with Crippen LogP contribution in [0.2, 0.25) is 0 Å². The molecule has 0 saturated heterocycles. The molecule has 0 atom stereocenters. The summed E-state index contributed by atoms with van der Waals surface area (Å²) in [6, 6.07) is 5.14. The van der Waals surface area contributed by atoms with Crippen LogP contribution in [0.3, 0.4) is 0 Å². The number of hydrogen-bond acceptors (Lipinski definition) is 5. The van der Waals surface area contributed by atoms with Crippen molar-refractivity contribution in [2.75, 3.05) is 52.0 Å². The van der Waals surface area contributed by atoms with Gasteiger partial charge in [-0.15, -0.1) is 0 Å². The first-order valence-corrected chi connectivity index (χ1v) is 6.47. The second-order valence-corrected chi connectivity index (χ2v) is 4.59. The molecule has 0 aliphatic carbocycles. The molecular formula is C14H23N3O3. The molecule has 0 unspecified atom stereocenters. The maximum Gasteiger partial charge on any atom is 0.238 e. The van der Waals surface area contributed by atoms with Gasteiger partial charge in [0, 0.05) is 25.9 Å². The number of nitrogen functional groups attached to an aromatic ring is 1. The van der Waals surface area contributed by atoms with Gasteiger partial charge in [0.1, 0.15) is 5.75 Å². The van der Waals surface area contributed by atoms with Gasteiger partial charge in [-0.2, -0.15) is 0 Å². The zero-order valence-corrected chi connectivity index (χ0v) is 12.3. The van der Waals surface area contributed by atoms with E-state index >= 15 is 0 Å². The van der Waals surface area contributed by atoms with E-state index in [1.807, 2.05) is 11.9 Å². The van der Waals surface area contributed by atoms with Crippen molar-refractivity contribution in [3.63, 3.8) is 0 Å². The number of carbonyl (C=O) groups excluding carboxylic acids is 1. The number of hydrogen-bond donors (Lipinski definition) is 2. The highest BCUT2D eigenvalue weighted by atomic mass is 16.5. The molecule has 1 amide bonds. The lowest BCUT2D eigenvalue weighted by Gasteiger charge is -2.17. The number of benzene rings is 1. The molecule has 0 aromatic heterocycles. The van der Waals surface area contributed by atoms with Gasteiger partial charge >= 0.3 is 0 Å². The summed E-state index contributed by atoms with van der Waals surface area (Å²) in [6.07, 6.45) is 0.891. The van der Waals surface area contributed by atoms with Crippen LogP contribution < -0.4 is 15.8 Å². The molecular weight excluding hydrogens is 258 g/mol. The molecule has 3 N–H and O–H groups in total. The zero-order valence-electron chi connectivity index (χ0n) is 12.3. The minimum atomic E-state index is -0.103. The molecule has 0 spiro atoms. The number of nitrogens with zero attached hydrogens (tertiary/aromatic N) is 1. The van der Waals surface area contributed by atoms with Crippen molar-refractivity contribution >= 4 is 17.3 Å². The van der Waals surface area contributed by atoms with E-state index in [4.69, 9.17) is 15.2 Å². The summed E-state index contributed by atoms with van der Waals surface area (Å²) in [7, 11) is 5.11. The summed E-state index contributed by atoms with van der Waals surface area (Å²) in [5.74, 6) is 0.489. The summed E-state index contributed by atoms with van der Waals surface area (Å²) >= 11 is 0. The van der Waals surface area contributed by atoms with Crippen LogP contribution in [-0.2, 0) is 9.53 Å². The average molecular weight is 281 g/mol. The minimum absolute atomic E-state index is 0.103. The van der Waals surface area contributed by atoms with E-state index in [2.05, 4.69) is 5.32 Å². The highest BCUT2D eigenvalue weighted by molar-refractivity contribution is 5.94. The molecule has 0 heterocycles. The van der Waals surface area contributed by atoms with Gasteiger partial charge in [-0.3, -0.25) is 9.69 Å². The molecule has 0 fully saturated rings. The summed E-state index contributed by atoms with van der Waals surface area (Å²) in [5.41, 5.74) is 6.87. The van der Waals surface area contributed by atoms with Gasteiger partial charge in [0.05, 0.1) is 19.3 Å². The average Bonchev–Trinajstić information content (AvgIpc) is 2.39. The fourth-order valence-corrected chi connectivity index (χ4v) is 1.82. The van der Waals surface area contributed by atoms with Gasteiger partial charge in [0.2, 0.25) is 5.91 Å². The lowest BCUT2D eigenvalue weighted by atomic mass is 10.2. The summed E-state index contributed by atoms with van der Waals surface area (Å²) in [4.78, 5) is 13.9. The van der Waals surface area contributed by atoms with Crippen molar-refractivity contribution in [2.24, 2.45) is 0 Å². The molecule has 1 aromatic rings. The predicted octanol–water partition coefficient (Wildman–Crippen LogP) is 1.18. The maximum atomic E-state index is 12.0. The fourth-order valence-electron chi connectivity index (χ4n) is 1.82. The Morgan fingerprint density at radius 3 is 2.80 bits per heavy atom. The van der Waals surface area contributed by atoms with E-state index < -0.39 is 0 Å². The molecule has 1 rings (SSSR count). The monoisotopic (exact) mass is 281 g/mol. The number of ether oxygens (including phenoxy) is 2. The Bertz CT molecular complexity index is 438. The van der Waals surface area contributed by atoms with Crippen LogP contribution in [-0.4, -0.2) is 51.8 Å². The first-order valence-electron chi connectivity index (χ1n) is 6.47. The molecule has 6 heteroatoms. The van der Waals surface area contributed by atoms with Crippen molar-refractivity contribution in [2.45, 2.75) is 6.42 Å². The molecule has 0 bridgehead atoms. The quantitative estimate of drug-likeness (QED) is 0.553. The number of nitrogens with two attached hydrogens (primary N) is 1. The third-order valence-electron chi connectivity index (χ3n) is 2.80.